The minimum Gasteiger partial charge on any atom is -0.393 e. The van der Waals surface area contributed by atoms with Gasteiger partial charge in [-0.2, -0.15) is 0 Å². The summed E-state index contributed by atoms with van der Waals surface area (Å²) < 4.78 is 19.2. The summed E-state index contributed by atoms with van der Waals surface area (Å²) in [4.78, 5) is 2.27. The van der Waals surface area contributed by atoms with Gasteiger partial charge in [-0.1, -0.05) is 0 Å². The molecule has 1 aromatic carbocycles. The Kier molecular flexibility index (Phi) is 6.09. The topological polar surface area (TPSA) is 44.7 Å². The molecule has 3 rings (SSSR count). The Morgan fingerprint density at radius 2 is 1.96 bits per heavy atom. The average Bonchev–Trinajstić information content (AvgIpc) is 2.61. The quantitative estimate of drug-likeness (QED) is 0.868. The van der Waals surface area contributed by atoms with Crippen molar-refractivity contribution in [2.45, 2.75) is 44.8 Å². The summed E-state index contributed by atoms with van der Waals surface area (Å²) in [5.41, 5.74) is 2.11. The highest BCUT2D eigenvalue weighted by Gasteiger charge is 2.22. The Balaban J connectivity index is 1.67. The van der Waals surface area contributed by atoms with E-state index in [4.69, 9.17) is 4.74 Å². The number of nitrogens with zero attached hydrogens (tertiary/aromatic N) is 1. The molecule has 2 N–H and O–H groups in total. The summed E-state index contributed by atoms with van der Waals surface area (Å²) in [5, 5.41) is 13.3. The first kappa shape index (κ1) is 17.6. The first-order chi connectivity index (χ1) is 11.6. The Morgan fingerprint density at radius 3 is 2.67 bits per heavy atom. The van der Waals surface area contributed by atoms with Gasteiger partial charge in [0.05, 0.1) is 6.10 Å². The molecule has 134 valence electrons. The zero-order valence-corrected chi connectivity index (χ0v) is 14.5. The van der Waals surface area contributed by atoms with E-state index in [0.717, 1.165) is 69.8 Å². The fourth-order valence-corrected chi connectivity index (χ4v) is 3.67. The molecule has 4 nitrogen and oxygen atoms in total. The predicted molar refractivity (Wildman–Crippen MR) is 93.8 cm³/mol. The molecule has 0 amide bonds. The summed E-state index contributed by atoms with van der Waals surface area (Å²) in [6.07, 6.45) is 3.55. The van der Waals surface area contributed by atoms with E-state index >= 15 is 0 Å². The Bertz CT molecular complexity index is 526. The third-order valence-electron chi connectivity index (χ3n) is 5.31. The molecule has 0 bridgehead atoms. The minimum atomic E-state index is -0.200. The van der Waals surface area contributed by atoms with Gasteiger partial charge >= 0.3 is 0 Å². The molecule has 24 heavy (non-hydrogen) atoms. The second-order valence-corrected chi connectivity index (χ2v) is 7.11. The van der Waals surface area contributed by atoms with E-state index in [-0.39, 0.29) is 18.0 Å². The highest BCUT2D eigenvalue weighted by atomic mass is 19.1. The number of benzene rings is 1. The molecule has 5 heteroatoms. The normalized spacial score (nSPS) is 21.9. The summed E-state index contributed by atoms with van der Waals surface area (Å²) in [6, 6.07) is 5.18. The molecule has 0 aliphatic carbocycles. The van der Waals surface area contributed by atoms with Crippen LogP contribution >= 0.6 is 0 Å². The van der Waals surface area contributed by atoms with Crippen LogP contribution in [0.3, 0.4) is 0 Å². The number of rotatable bonds is 5. The third-order valence-corrected chi connectivity index (χ3v) is 5.31. The van der Waals surface area contributed by atoms with Gasteiger partial charge in [0.2, 0.25) is 0 Å². The van der Waals surface area contributed by atoms with Crippen molar-refractivity contribution >= 4 is 5.69 Å². The zero-order valence-electron chi connectivity index (χ0n) is 14.5. The van der Waals surface area contributed by atoms with Gasteiger partial charge in [0.25, 0.3) is 0 Å². The van der Waals surface area contributed by atoms with E-state index in [1.54, 1.807) is 6.07 Å². The lowest BCUT2D eigenvalue weighted by Gasteiger charge is -2.34. The average molecular weight is 336 g/mol. The van der Waals surface area contributed by atoms with Crippen molar-refractivity contribution in [3.8, 4) is 0 Å². The van der Waals surface area contributed by atoms with Crippen molar-refractivity contribution in [2.75, 3.05) is 37.7 Å². The lowest BCUT2D eigenvalue weighted by atomic mass is 9.98. The molecule has 0 radical (unpaired) electrons. The first-order valence-corrected chi connectivity index (χ1v) is 9.17. The fourth-order valence-electron chi connectivity index (χ4n) is 3.67. The second-order valence-electron chi connectivity index (χ2n) is 7.11. The van der Waals surface area contributed by atoms with Crippen LogP contribution < -0.4 is 10.2 Å². The number of aliphatic hydroxyl groups excluding tert-OH is 1. The Hall–Kier alpha value is -1.17. The first-order valence-electron chi connectivity index (χ1n) is 9.17. The summed E-state index contributed by atoms with van der Waals surface area (Å²) >= 11 is 0. The molecular formula is C19H29FN2O2. The molecule has 2 aliphatic heterocycles. The van der Waals surface area contributed by atoms with Crippen LogP contribution in [-0.2, 0) is 4.74 Å². The molecule has 1 atom stereocenters. The van der Waals surface area contributed by atoms with E-state index in [1.165, 1.54) is 6.07 Å². The third kappa shape index (κ3) is 4.47. The van der Waals surface area contributed by atoms with Gasteiger partial charge in [0.15, 0.2) is 0 Å². The molecule has 0 saturated carbocycles. The van der Waals surface area contributed by atoms with Gasteiger partial charge in [-0.3, -0.25) is 0 Å². The van der Waals surface area contributed by atoms with Gasteiger partial charge in [0.1, 0.15) is 5.82 Å². The van der Waals surface area contributed by atoms with Crippen LogP contribution in [0, 0.1) is 11.7 Å². The maximum absolute atomic E-state index is 13.8. The number of anilines is 1. The van der Waals surface area contributed by atoms with E-state index in [0.29, 0.717) is 5.92 Å². The molecule has 0 aromatic heterocycles. The molecule has 2 saturated heterocycles. The SMILES string of the molecule is CC(NCC1CCOCC1)c1cc(F)ccc1N1CCC(O)CC1. The molecule has 2 heterocycles. The van der Waals surface area contributed by atoms with Gasteiger partial charge in [0, 0.05) is 38.0 Å². The van der Waals surface area contributed by atoms with Crippen molar-refractivity contribution in [1.29, 1.82) is 0 Å². The smallest absolute Gasteiger partial charge is 0.123 e. The lowest BCUT2D eigenvalue weighted by Crippen LogP contribution is -2.37. The van der Waals surface area contributed by atoms with Crippen molar-refractivity contribution in [2.24, 2.45) is 5.92 Å². The molecule has 1 aromatic rings. The van der Waals surface area contributed by atoms with E-state index in [9.17, 15) is 9.50 Å². The summed E-state index contributed by atoms with van der Waals surface area (Å²) in [6.45, 7) is 6.40. The molecule has 2 aliphatic rings. The Morgan fingerprint density at radius 1 is 1.25 bits per heavy atom. The van der Waals surface area contributed by atoms with Crippen molar-refractivity contribution in [3.63, 3.8) is 0 Å². The van der Waals surface area contributed by atoms with Crippen molar-refractivity contribution < 1.29 is 14.2 Å². The van der Waals surface area contributed by atoms with E-state index < -0.39 is 0 Å². The zero-order chi connectivity index (χ0) is 16.9. The minimum absolute atomic E-state index is 0.102. The van der Waals surface area contributed by atoms with Crippen LogP contribution in [0.4, 0.5) is 10.1 Å². The maximum Gasteiger partial charge on any atom is 0.123 e. The highest BCUT2D eigenvalue weighted by Crippen LogP contribution is 2.30. The standard InChI is InChI=1S/C19H29FN2O2/c1-14(21-13-15-6-10-24-11-7-15)18-12-16(20)2-3-19(18)22-8-4-17(23)5-9-22/h2-3,12,14-15,17,21,23H,4-11,13H2,1H3. The number of halogens is 1. The fraction of sp³-hybridized carbons (Fsp3) is 0.684. The van der Waals surface area contributed by atoms with Crippen molar-refractivity contribution in [1.82, 2.24) is 5.32 Å². The van der Waals surface area contributed by atoms with Crippen LogP contribution in [0.1, 0.15) is 44.2 Å². The number of nitrogens with one attached hydrogen (secondary N) is 1. The monoisotopic (exact) mass is 336 g/mol. The summed E-state index contributed by atoms with van der Waals surface area (Å²) in [5.74, 6) is 0.453. The van der Waals surface area contributed by atoms with Gasteiger partial charge in [-0.25, -0.2) is 4.39 Å². The van der Waals surface area contributed by atoms with Crippen LogP contribution in [0.25, 0.3) is 0 Å². The molecule has 1 unspecified atom stereocenters. The largest absolute Gasteiger partial charge is 0.393 e. The number of hydrogen-bond acceptors (Lipinski definition) is 4. The van der Waals surface area contributed by atoms with E-state index in [1.807, 2.05) is 6.07 Å². The maximum atomic E-state index is 13.8. The molecular weight excluding hydrogens is 307 g/mol. The van der Waals surface area contributed by atoms with Gasteiger partial charge in [-0.15, -0.1) is 0 Å². The van der Waals surface area contributed by atoms with Gasteiger partial charge in [-0.05, 0) is 68.8 Å². The van der Waals surface area contributed by atoms with Crippen molar-refractivity contribution in [3.05, 3.63) is 29.6 Å². The van der Waals surface area contributed by atoms with E-state index in [2.05, 4.69) is 17.1 Å². The second kappa shape index (κ2) is 8.28. The van der Waals surface area contributed by atoms with Crippen LogP contribution in [-0.4, -0.2) is 44.1 Å². The summed E-state index contributed by atoms with van der Waals surface area (Å²) in [7, 11) is 0. The Labute approximate surface area is 144 Å². The lowest BCUT2D eigenvalue weighted by molar-refractivity contribution is 0.0656. The predicted octanol–water partition coefficient (Wildman–Crippen LogP) is 2.86. The number of ether oxygens (including phenoxy) is 1. The van der Waals surface area contributed by atoms with Crippen LogP contribution in [0.15, 0.2) is 18.2 Å². The molecule has 0 spiro atoms. The molecule has 2 fully saturated rings. The van der Waals surface area contributed by atoms with Crippen LogP contribution in [0.2, 0.25) is 0 Å². The van der Waals surface area contributed by atoms with Gasteiger partial charge < -0.3 is 20.1 Å². The van der Waals surface area contributed by atoms with Crippen LogP contribution in [0.5, 0.6) is 0 Å². The highest BCUT2D eigenvalue weighted by molar-refractivity contribution is 5.55. The number of hydrogen-bond donors (Lipinski definition) is 2. The number of piperidine rings is 1. The number of aliphatic hydroxyl groups is 1.